The molecule has 2 atom stereocenters. The highest BCUT2D eigenvalue weighted by atomic mass is 16.4. The highest BCUT2D eigenvalue weighted by Crippen LogP contribution is 2.15. The fraction of sp³-hybridized carbons (Fsp3) is 0.667. The average molecular weight is 229 g/mol. The van der Waals surface area contributed by atoms with Gasteiger partial charge in [0.25, 0.3) is 0 Å². The van der Waals surface area contributed by atoms with Crippen LogP contribution in [0.2, 0.25) is 0 Å². The van der Waals surface area contributed by atoms with Crippen LogP contribution in [0.1, 0.15) is 13.3 Å². The molecule has 0 aromatic heterocycles. The van der Waals surface area contributed by atoms with Crippen LogP contribution in [0.15, 0.2) is 0 Å². The van der Waals surface area contributed by atoms with E-state index in [-0.39, 0.29) is 12.5 Å². The van der Waals surface area contributed by atoms with Crippen LogP contribution < -0.4 is 11.1 Å². The van der Waals surface area contributed by atoms with E-state index in [0.717, 1.165) is 0 Å². The zero-order valence-corrected chi connectivity index (χ0v) is 8.97. The van der Waals surface area contributed by atoms with Crippen molar-refractivity contribution in [3.8, 4) is 0 Å². The Morgan fingerprint density at radius 2 is 2.12 bits per heavy atom. The van der Waals surface area contributed by atoms with Gasteiger partial charge in [0, 0.05) is 13.1 Å². The summed E-state index contributed by atoms with van der Waals surface area (Å²) in [6.45, 7) is 2.06. The molecule has 1 aliphatic rings. The van der Waals surface area contributed by atoms with Crippen LogP contribution >= 0.6 is 0 Å². The van der Waals surface area contributed by atoms with Crippen LogP contribution in [0.25, 0.3) is 0 Å². The second kappa shape index (κ2) is 4.82. The lowest BCUT2D eigenvalue weighted by molar-refractivity contribution is -0.138. The van der Waals surface area contributed by atoms with Gasteiger partial charge >= 0.3 is 12.0 Å². The molecule has 4 N–H and O–H groups in total. The highest BCUT2D eigenvalue weighted by molar-refractivity contribution is 5.83. The Kier molecular flexibility index (Phi) is 3.70. The standard InChI is InChI=1S/C9H15N3O4/c1-5(8(14)15)11-9(16)12-3-2-6(4-12)7(10)13/h5-6H,2-4H2,1H3,(H2,10,13)(H,11,16)(H,14,15)/t5-,6?/m1/s1. The molecule has 0 bridgehead atoms. The van der Waals surface area contributed by atoms with E-state index in [1.165, 1.54) is 11.8 Å². The van der Waals surface area contributed by atoms with Gasteiger partial charge in [0.15, 0.2) is 0 Å². The number of primary amides is 1. The molecule has 0 saturated carbocycles. The first-order valence-electron chi connectivity index (χ1n) is 4.99. The maximum atomic E-state index is 11.5. The molecule has 1 unspecified atom stereocenters. The van der Waals surface area contributed by atoms with Crippen molar-refractivity contribution in [1.29, 1.82) is 0 Å². The minimum absolute atomic E-state index is 0.257. The number of hydrogen-bond donors (Lipinski definition) is 3. The van der Waals surface area contributed by atoms with E-state index in [1.807, 2.05) is 0 Å². The zero-order chi connectivity index (χ0) is 12.3. The summed E-state index contributed by atoms with van der Waals surface area (Å²) in [5.41, 5.74) is 5.12. The fourth-order valence-electron chi connectivity index (χ4n) is 1.52. The Morgan fingerprint density at radius 1 is 1.50 bits per heavy atom. The molecule has 16 heavy (non-hydrogen) atoms. The molecule has 1 heterocycles. The summed E-state index contributed by atoms with van der Waals surface area (Å²) < 4.78 is 0. The van der Waals surface area contributed by atoms with Gasteiger partial charge in [-0.05, 0) is 13.3 Å². The van der Waals surface area contributed by atoms with Crippen molar-refractivity contribution in [2.45, 2.75) is 19.4 Å². The van der Waals surface area contributed by atoms with Gasteiger partial charge in [-0.1, -0.05) is 0 Å². The molecular formula is C9H15N3O4. The molecule has 0 spiro atoms. The minimum Gasteiger partial charge on any atom is -0.480 e. The van der Waals surface area contributed by atoms with Crippen molar-refractivity contribution < 1.29 is 19.5 Å². The smallest absolute Gasteiger partial charge is 0.325 e. The number of carbonyl (C=O) groups excluding carboxylic acids is 2. The lowest BCUT2D eigenvalue weighted by atomic mass is 10.1. The zero-order valence-electron chi connectivity index (χ0n) is 8.97. The lowest BCUT2D eigenvalue weighted by Gasteiger charge is -2.18. The van der Waals surface area contributed by atoms with Gasteiger partial charge in [0.1, 0.15) is 6.04 Å². The summed E-state index contributed by atoms with van der Waals surface area (Å²) in [6, 6.07) is -1.42. The largest absolute Gasteiger partial charge is 0.480 e. The topological polar surface area (TPSA) is 113 Å². The number of urea groups is 1. The van der Waals surface area contributed by atoms with Crippen LogP contribution in [0, 0.1) is 5.92 Å². The summed E-state index contributed by atoms with van der Waals surface area (Å²) in [6.07, 6.45) is 0.532. The van der Waals surface area contributed by atoms with E-state index in [0.29, 0.717) is 13.0 Å². The van der Waals surface area contributed by atoms with E-state index in [1.54, 1.807) is 0 Å². The summed E-state index contributed by atoms with van der Waals surface area (Å²) in [5.74, 6) is -1.86. The Hall–Kier alpha value is -1.79. The number of carboxylic acid groups (broad SMARTS) is 1. The Balaban J connectivity index is 2.45. The predicted octanol–water partition coefficient (Wildman–Crippen LogP) is -1.02. The number of rotatable bonds is 3. The summed E-state index contributed by atoms with van der Waals surface area (Å²) >= 11 is 0. The number of aliphatic carboxylic acids is 1. The summed E-state index contributed by atoms with van der Waals surface area (Å²) in [7, 11) is 0. The summed E-state index contributed by atoms with van der Waals surface area (Å²) in [5, 5.41) is 10.9. The first-order valence-corrected chi connectivity index (χ1v) is 4.99. The third-order valence-electron chi connectivity index (χ3n) is 2.59. The third kappa shape index (κ3) is 2.85. The average Bonchev–Trinajstić information content (AvgIpc) is 2.65. The molecule has 1 aliphatic heterocycles. The summed E-state index contributed by atoms with van der Waals surface area (Å²) in [4.78, 5) is 34.3. The van der Waals surface area contributed by atoms with E-state index in [4.69, 9.17) is 10.8 Å². The molecule has 0 radical (unpaired) electrons. The molecule has 1 saturated heterocycles. The van der Waals surface area contributed by atoms with Crippen molar-refractivity contribution >= 4 is 17.9 Å². The minimum atomic E-state index is -1.10. The third-order valence-corrected chi connectivity index (χ3v) is 2.59. The van der Waals surface area contributed by atoms with E-state index >= 15 is 0 Å². The van der Waals surface area contributed by atoms with Gasteiger partial charge in [0.05, 0.1) is 5.92 Å². The maximum Gasteiger partial charge on any atom is 0.325 e. The first-order chi connectivity index (χ1) is 7.41. The molecule has 0 aliphatic carbocycles. The van der Waals surface area contributed by atoms with Crippen LogP contribution in [-0.2, 0) is 9.59 Å². The number of nitrogens with one attached hydrogen (secondary N) is 1. The monoisotopic (exact) mass is 229 g/mol. The highest BCUT2D eigenvalue weighted by Gasteiger charge is 2.30. The number of nitrogens with two attached hydrogens (primary N) is 1. The Labute approximate surface area is 92.6 Å². The van der Waals surface area contributed by atoms with Crippen LogP contribution in [0.4, 0.5) is 4.79 Å². The predicted molar refractivity (Wildman–Crippen MR) is 54.5 cm³/mol. The molecule has 0 aromatic rings. The van der Waals surface area contributed by atoms with Crippen molar-refractivity contribution in [3.63, 3.8) is 0 Å². The first kappa shape index (κ1) is 12.3. The Morgan fingerprint density at radius 3 is 2.56 bits per heavy atom. The van der Waals surface area contributed by atoms with Gasteiger partial charge in [-0.15, -0.1) is 0 Å². The number of nitrogens with zero attached hydrogens (tertiary/aromatic N) is 1. The lowest BCUT2D eigenvalue weighted by Crippen LogP contribution is -2.46. The van der Waals surface area contributed by atoms with E-state index < -0.39 is 23.9 Å². The number of carboxylic acids is 1. The number of likely N-dealkylation sites (tertiary alicyclic amines) is 1. The van der Waals surface area contributed by atoms with Crippen molar-refractivity contribution in [2.75, 3.05) is 13.1 Å². The van der Waals surface area contributed by atoms with Gasteiger partial charge in [-0.25, -0.2) is 4.79 Å². The molecular weight excluding hydrogens is 214 g/mol. The molecule has 3 amide bonds. The van der Waals surface area contributed by atoms with E-state index in [2.05, 4.69) is 5.32 Å². The van der Waals surface area contributed by atoms with Crippen LogP contribution in [0.3, 0.4) is 0 Å². The van der Waals surface area contributed by atoms with Gasteiger partial charge in [-0.3, -0.25) is 9.59 Å². The maximum absolute atomic E-state index is 11.5. The number of amides is 3. The molecule has 1 fully saturated rings. The second-order valence-electron chi connectivity index (χ2n) is 3.84. The van der Waals surface area contributed by atoms with Crippen molar-refractivity contribution in [3.05, 3.63) is 0 Å². The fourth-order valence-corrected chi connectivity index (χ4v) is 1.52. The van der Waals surface area contributed by atoms with Gasteiger partial charge in [-0.2, -0.15) is 0 Å². The molecule has 1 rings (SSSR count). The van der Waals surface area contributed by atoms with Crippen LogP contribution in [-0.4, -0.2) is 47.0 Å². The molecule has 0 aromatic carbocycles. The molecule has 7 heteroatoms. The second-order valence-corrected chi connectivity index (χ2v) is 3.84. The normalized spacial score (nSPS) is 21.6. The van der Waals surface area contributed by atoms with Crippen LogP contribution in [0.5, 0.6) is 0 Å². The van der Waals surface area contributed by atoms with E-state index in [9.17, 15) is 14.4 Å². The van der Waals surface area contributed by atoms with Crippen molar-refractivity contribution in [1.82, 2.24) is 10.2 Å². The van der Waals surface area contributed by atoms with Gasteiger partial charge in [0.2, 0.25) is 5.91 Å². The molecule has 7 nitrogen and oxygen atoms in total. The number of carbonyl (C=O) groups is 3. The quantitative estimate of drug-likeness (QED) is 0.574. The number of hydrogen-bond acceptors (Lipinski definition) is 3. The SMILES string of the molecule is C[C@@H](NC(=O)N1CCC(C(N)=O)C1)C(=O)O. The Bertz CT molecular complexity index is 318. The van der Waals surface area contributed by atoms with Crippen molar-refractivity contribution in [2.24, 2.45) is 11.7 Å². The molecule has 90 valence electrons. The van der Waals surface area contributed by atoms with Gasteiger partial charge < -0.3 is 21.1 Å².